The van der Waals surface area contributed by atoms with Crippen LogP contribution < -0.4 is 19.9 Å². The number of hydrogen-bond donors (Lipinski definition) is 1. The first-order valence-electron chi connectivity index (χ1n) is 9.72. The molecule has 2 aromatic carbocycles. The molecule has 0 aliphatic carbocycles. The number of ether oxygens (including phenoxy) is 3. The number of pyridine rings is 1. The smallest absolute Gasteiger partial charge is 0.387 e. The van der Waals surface area contributed by atoms with E-state index in [1.54, 1.807) is 24.3 Å². The fourth-order valence-corrected chi connectivity index (χ4v) is 3.84. The highest BCUT2D eigenvalue weighted by Crippen LogP contribution is 2.47. The van der Waals surface area contributed by atoms with E-state index in [2.05, 4.69) is 15.5 Å². The van der Waals surface area contributed by atoms with Crippen molar-refractivity contribution in [3.63, 3.8) is 0 Å². The quantitative estimate of drug-likeness (QED) is 0.487. The first kappa shape index (κ1) is 24.3. The summed E-state index contributed by atoms with van der Waals surface area (Å²) in [5.41, 5.74) is 5.51. The Bertz CT molecular complexity index is 1160. The predicted molar refractivity (Wildman–Crippen MR) is 117 cm³/mol. The Kier molecular flexibility index (Phi) is 7.78. The van der Waals surface area contributed by atoms with Gasteiger partial charge in [0.2, 0.25) is 5.88 Å². The third kappa shape index (κ3) is 4.89. The maximum absolute atomic E-state index is 15.2. The molecule has 1 atom stereocenters. The second-order valence-corrected chi connectivity index (χ2v) is 7.06. The molecule has 1 unspecified atom stereocenters. The van der Waals surface area contributed by atoms with Crippen LogP contribution in [-0.2, 0) is 6.42 Å². The Labute approximate surface area is 193 Å². The molecule has 1 aliphatic rings. The Balaban J connectivity index is 0.00000149. The van der Waals surface area contributed by atoms with Gasteiger partial charge in [-0.1, -0.05) is 17.7 Å². The van der Waals surface area contributed by atoms with Gasteiger partial charge < -0.3 is 19.9 Å². The van der Waals surface area contributed by atoms with Crippen LogP contribution in [0.2, 0.25) is 5.02 Å². The van der Waals surface area contributed by atoms with E-state index in [0.29, 0.717) is 29.2 Å². The Morgan fingerprint density at radius 1 is 1.18 bits per heavy atom. The number of aromatic nitrogens is 1. The first-order chi connectivity index (χ1) is 15.9. The van der Waals surface area contributed by atoms with Crippen molar-refractivity contribution in [1.82, 2.24) is 4.98 Å². The highest BCUT2D eigenvalue weighted by atomic mass is 35.5. The number of halogens is 4. The van der Waals surface area contributed by atoms with Crippen molar-refractivity contribution in [2.45, 2.75) is 19.1 Å². The van der Waals surface area contributed by atoms with E-state index in [9.17, 15) is 13.6 Å². The van der Waals surface area contributed by atoms with Crippen molar-refractivity contribution in [3.05, 3.63) is 70.1 Å². The summed E-state index contributed by atoms with van der Waals surface area (Å²) in [6.45, 7) is -3.23. The summed E-state index contributed by atoms with van der Waals surface area (Å²) in [6, 6.07) is 10.5. The van der Waals surface area contributed by atoms with Crippen molar-refractivity contribution < 1.29 is 32.2 Å². The van der Waals surface area contributed by atoms with Gasteiger partial charge >= 0.3 is 6.61 Å². The van der Waals surface area contributed by atoms with Crippen LogP contribution in [0, 0.1) is 5.82 Å². The van der Waals surface area contributed by atoms with E-state index in [4.69, 9.17) is 21.1 Å². The van der Waals surface area contributed by atoms with Crippen molar-refractivity contribution in [2.75, 3.05) is 14.2 Å². The molecule has 3 aromatic rings. The molecule has 0 spiro atoms. The lowest BCUT2D eigenvalue weighted by Crippen LogP contribution is -2.07. The van der Waals surface area contributed by atoms with E-state index in [1.807, 2.05) is 0 Å². The van der Waals surface area contributed by atoms with Gasteiger partial charge in [-0.25, -0.2) is 9.37 Å². The normalized spacial score (nSPS) is 14.1. The summed E-state index contributed by atoms with van der Waals surface area (Å²) >= 11 is 6.38. The fourth-order valence-electron chi connectivity index (χ4n) is 3.56. The monoisotopic (exact) mass is 480 g/mol. The average molecular weight is 481 g/mol. The van der Waals surface area contributed by atoms with Gasteiger partial charge in [0.1, 0.15) is 11.9 Å². The number of nitrogens with zero attached hydrogens (tertiary/aromatic N) is 1. The van der Waals surface area contributed by atoms with Crippen LogP contribution in [0.25, 0.3) is 11.1 Å². The molecule has 0 bridgehead atoms. The topological polar surface area (TPSA) is 83.7 Å². The van der Waals surface area contributed by atoms with Gasteiger partial charge in [-0.15, -0.1) is 0 Å². The lowest BCUT2D eigenvalue weighted by atomic mass is 9.92. The van der Waals surface area contributed by atoms with Crippen LogP contribution in [0.5, 0.6) is 17.4 Å². The lowest BCUT2D eigenvalue weighted by Gasteiger charge is -2.15. The van der Waals surface area contributed by atoms with E-state index in [-0.39, 0.29) is 28.1 Å². The van der Waals surface area contributed by atoms with Gasteiger partial charge in [-0.2, -0.15) is 8.78 Å². The summed E-state index contributed by atoms with van der Waals surface area (Å²) in [7, 11) is 2.99. The molecule has 174 valence electrons. The van der Waals surface area contributed by atoms with Crippen molar-refractivity contribution >= 4 is 17.9 Å². The summed E-state index contributed by atoms with van der Waals surface area (Å²) < 4.78 is 56.0. The van der Waals surface area contributed by atoms with Gasteiger partial charge in [0.05, 0.1) is 12.8 Å². The second-order valence-electron chi connectivity index (χ2n) is 6.65. The van der Waals surface area contributed by atoms with Crippen molar-refractivity contribution in [1.29, 1.82) is 0 Å². The first-order valence-corrected chi connectivity index (χ1v) is 10.1. The van der Waals surface area contributed by atoms with Gasteiger partial charge in [-0.05, 0) is 37.4 Å². The fraction of sp³-hybridized carbons (Fsp3) is 0.217. The molecule has 0 fully saturated rings. The number of alkyl halides is 2. The molecule has 1 aliphatic heterocycles. The third-order valence-corrected chi connectivity index (χ3v) is 5.21. The molecule has 0 saturated carbocycles. The number of benzene rings is 2. The molecule has 10 heteroatoms. The standard InChI is InChI=1S/C22H15ClF3NO4.CH5N/c1-29-18-4-2-3-14(27-18)17-9-12-15(30-17)8-6-13(23)20(12)19-11(10-28)5-7-16(21(19)24)31-22(25)26;1-2/h2-8,10,17,22H,9H2,1H3;2H2,1H3. The van der Waals surface area contributed by atoms with E-state index < -0.39 is 24.3 Å². The molecule has 0 saturated heterocycles. The number of methoxy groups -OCH3 is 1. The second kappa shape index (κ2) is 10.5. The van der Waals surface area contributed by atoms with Crippen molar-refractivity contribution in [3.8, 4) is 28.5 Å². The van der Waals surface area contributed by atoms with E-state index in [1.165, 1.54) is 26.3 Å². The number of rotatable bonds is 6. The molecule has 33 heavy (non-hydrogen) atoms. The minimum absolute atomic E-state index is 0.0580. The summed E-state index contributed by atoms with van der Waals surface area (Å²) in [5, 5.41) is 0.137. The maximum Gasteiger partial charge on any atom is 0.387 e. The largest absolute Gasteiger partial charge is 0.483 e. The minimum atomic E-state index is -3.23. The zero-order valence-corrected chi connectivity index (χ0v) is 18.4. The summed E-state index contributed by atoms with van der Waals surface area (Å²) in [6.07, 6.45) is 0.186. The Hall–Kier alpha value is -3.30. The number of hydrogen-bond acceptors (Lipinski definition) is 6. The van der Waals surface area contributed by atoms with Gasteiger partial charge in [0.25, 0.3) is 0 Å². The lowest BCUT2D eigenvalue weighted by molar-refractivity contribution is -0.0521. The molecule has 2 N–H and O–H groups in total. The van der Waals surface area contributed by atoms with E-state index >= 15 is 4.39 Å². The van der Waals surface area contributed by atoms with Crippen LogP contribution in [0.4, 0.5) is 13.2 Å². The molecule has 4 rings (SSSR count). The molecule has 6 nitrogen and oxygen atoms in total. The van der Waals surface area contributed by atoms with Gasteiger partial charge in [-0.3, -0.25) is 4.79 Å². The molecular formula is C23H20ClF3N2O4. The van der Waals surface area contributed by atoms with Crippen LogP contribution in [0.1, 0.15) is 27.7 Å². The maximum atomic E-state index is 15.2. The molecule has 0 radical (unpaired) electrons. The third-order valence-electron chi connectivity index (χ3n) is 4.89. The average Bonchev–Trinajstić information content (AvgIpc) is 3.26. The predicted octanol–water partition coefficient (Wildman–Crippen LogP) is 5.21. The summed E-state index contributed by atoms with van der Waals surface area (Å²) in [4.78, 5) is 16.0. The number of fused-ring (bicyclic) bond motifs is 1. The van der Waals surface area contributed by atoms with Gasteiger partial charge in [0.15, 0.2) is 17.9 Å². The number of nitrogens with two attached hydrogens (primary N) is 1. The Morgan fingerprint density at radius 3 is 2.61 bits per heavy atom. The molecular weight excluding hydrogens is 461 g/mol. The highest BCUT2D eigenvalue weighted by molar-refractivity contribution is 6.33. The van der Waals surface area contributed by atoms with Crippen LogP contribution in [-0.4, -0.2) is 32.0 Å². The van der Waals surface area contributed by atoms with Gasteiger partial charge in [0, 0.05) is 39.8 Å². The van der Waals surface area contributed by atoms with Crippen LogP contribution >= 0.6 is 11.6 Å². The SMILES string of the molecule is CN.COc1cccc(C2Cc3c(ccc(Cl)c3-c3c(C=O)ccc(OC(F)F)c3F)O2)n1. The molecule has 0 amide bonds. The molecule has 2 heterocycles. The van der Waals surface area contributed by atoms with Crippen LogP contribution in [0.15, 0.2) is 42.5 Å². The molecule has 1 aromatic heterocycles. The number of carbonyl (C=O) groups excluding carboxylic acids is 1. The zero-order valence-electron chi connectivity index (χ0n) is 17.7. The minimum Gasteiger partial charge on any atom is -0.483 e. The van der Waals surface area contributed by atoms with Crippen molar-refractivity contribution in [2.24, 2.45) is 5.73 Å². The number of aldehydes is 1. The highest BCUT2D eigenvalue weighted by Gasteiger charge is 2.32. The zero-order chi connectivity index (χ0) is 24.1. The summed E-state index contributed by atoms with van der Waals surface area (Å²) in [5.74, 6) is -0.968. The Morgan fingerprint density at radius 2 is 1.94 bits per heavy atom. The van der Waals surface area contributed by atoms with Crippen LogP contribution in [0.3, 0.4) is 0 Å². The number of carbonyl (C=O) groups is 1. The van der Waals surface area contributed by atoms with E-state index in [0.717, 1.165) is 6.07 Å².